The van der Waals surface area contributed by atoms with E-state index < -0.39 is 0 Å². The van der Waals surface area contributed by atoms with Crippen molar-refractivity contribution < 1.29 is 9.53 Å². The fourth-order valence-electron chi connectivity index (χ4n) is 3.06. The van der Waals surface area contributed by atoms with E-state index >= 15 is 0 Å². The predicted molar refractivity (Wildman–Crippen MR) is 82.1 cm³/mol. The highest BCUT2D eigenvalue weighted by molar-refractivity contribution is 5.81. The highest BCUT2D eigenvalue weighted by Crippen LogP contribution is 2.27. The quantitative estimate of drug-likeness (QED) is 0.871. The Morgan fingerprint density at radius 1 is 1.45 bits per heavy atom. The summed E-state index contributed by atoms with van der Waals surface area (Å²) in [5, 5.41) is 0. The molecule has 2 aliphatic heterocycles. The Morgan fingerprint density at radius 3 is 2.95 bits per heavy atom. The van der Waals surface area contributed by atoms with E-state index in [1.165, 1.54) is 6.07 Å². The summed E-state index contributed by atoms with van der Waals surface area (Å²) in [4.78, 5) is 35.0. The average Bonchev–Trinajstić information content (AvgIpc) is 3.17. The van der Waals surface area contributed by atoms with Crippen molar-refractivity contribution in [1.82, 2.24) is 14.9 Å². The van der Waals surface area contributed by atoms with Crippen LogP contribution in [0.5, 0.6) is 0 Å². The summed E-state index contributed by atoms with van der Waals surface area (Å²) in [7, 11) is 3.67. The first-order valence-electron chi connectivity index (χ1n) is 7.73. The smallest absolute Gasteiger partial charge is 0.252 e. The Balaban J connectivity index is 1.72. The van der Waals surface area contributed by atoms with Gasteiger partial charge in [-0.2, -0.15) is 0 Å². The fraction of sp³-hybridized carbons (Fsp3) is 0.667. The van der Waals surface area contributed by atoms with Crippen LogP contribution in [0.25, 0.3) is 0 Å². The molecule has 1 aromatic rings. The molecule has 0 aliphatic carbocycles. The van der Waals surface area contributed by atoms with E-state index in [1.54, 1.807) is 4.90 Å². The zero-order valence-corrected chi connectivity index (χ0v) is 13.0. The SMILES string of the molecule is CN(C)c1nc([C@H]2CCN(C(=O)[C@H]3CCCO3)C2)cc(=O)[nH]1. The van der Waals surface area contributed by atoms with Crippen molar-refractivity contribution in [3.8, 4) is 0 Å². The molecule has 1 amide bonds. The van der Waals surface area contributed by atoms with Crippen molar-refractivity contribution in [2.75, 3.05) is 38.7 Å². The summed E-state index contributed by atoms with van der Waals surface area (Å²) in [5.41, 5.74) is 0.604. The normalized spacial score (nSPS) is 24.7. The number of hydrogen-bond acceptors (Lipinski definition) is 5. The molecule has 2 atom stereocenters. The molecule has 120 valence electrons. The van der Waals surface area contributed by atoms with Gasteiger partial charge in [0.25, 0.3) is 11.5 Å². The molecule has 3 rings (SSSR count). The van der Waals surface area contributed by atoms with Crippen molar-refractivity contribution in [3.05, 3.63) is 22.1 Å². The monoisotopic (exact) mass is 306 g/mol. The third-order valence-corrected chi connectivity index (χ3v) is 4.30. The van der Waals surface area contributed by atoms with E-state index in [0.717, 1.165) is 25.0 Å². The number of ether oxygens (including phenoxy) is 1. The summed E-state index contributed by atoms with van der Waals surface area (Å²) < 4.78 is 5.47. The number of likely N-dealkylation sites (tertiary alicyclic amines) is 1. The first-order chi connectivity index (χ1) is 10.5. The molecule has 1 aromatic heterocycles. The number of nitrogens with one attached hydrogen (secondary N) is 1. The molecule has 0 bridgehead atoms. The lowest BCUT2D eigenvalue weighted by Gasteiger charge is -2.20. The van der Waals surface area contributed by atoms with Gasteiger partial charge in [0.15, 0.2) is 0 Å². The second-order valence-electron chi connectivity index (χ2n) is 6.16. The summed E-state index contributed by atoms with van der Waals surface area (Å²) in [6, 6.07) is 1.54. The number of nitrogens with zero attached hydrogens (tertiary/aromatic N) is 3. The number of carbonyl (C=O) groups is 1. The standard InChI is InChI=1S/C15H22N4O3/c1-18(2)15-16-11(8-13(20)17-15)10-5-6-19(9-10)14(21)12-4-3-7-22-12/h8,10,12H,3-7,9H2,1-2H3,(H,16,17,20)/t10-,12+/m0/s1. The second kappa shape index (κ2) is 6.08. The molecular weight excluding hydrogens is 284 g/mol. The molecule has 7 nitrogen and oxygen atoms in total. The topological polar surface area (TPSA) is 78.5 Å². The summed E-state index contributed by atoms with van der Waals surface area (Å²) in [6.45, 7) is 1.99. The van der Waals surface area contributed by atoms with Crippen molar-refractivity contribution in [2.45, 2.75) is 31.3 Å². The molecule has 0 unspecified atom stereocenters. The predicted octanol–water partition coefficient (Wildman–Crippen LogP) is 0.331. The van der Waals surface area contributed by atoms with Crippen LogP contribution in [-0.2, 0) is 9.53 Å². The largest absolute Gasteiger partial charge is 0.368 e. The van der Waals surface area contributed by atoms with Gasteiger partial charge in [0, 0.05) is 45.8 Å². The van der Waals surface area contributed by atoms with E-state index in [0.29, 0.717) is 25.6 Å². The van der Waals surface area contributed by atoms with Crippen molar-refractivity contribution in [2.24, 2.45) is 0 Å². The maximum Gasteiger partial charge on any atom is 0.252 e. The van der Waals surface area contributed by atoms with Gasteiger partial charge >= 0.3 is 0 Å². The van der Waals surface area contributed by atoms with Gasteiger partial charge in [0.05, 0.1) is 5.69 Å². The Hall–Kier alpha value is -1.89. The molecule has 7 heteroatoms. The molecule has 0 spiro atoms. The number of anilines is 1. The van der Waals surface area contributed by atoms with Gasteiger partial charge in [-0.25, -0.2) is 4.98 Å². The molecule has 2 aliphatic rings. The molecule has 2 saturated heterocycles. The average molecular weight is 306 g/mol. The summed E-state index contributed by atoms with van der Waals surface area (Å²) in [6.07, 6.45) is 2.33. The Kier molecular flexibility index (Phi) is 4.15. The second-order valence-corrected chi connectivity index (χ2v) is 6.16. The summed E-state index contributed by atoms with van der Waals surface area (Å²) in [5.74, 6) is 0.746. The van der Waals surface area contributed by atoms with Crippen LogP contribution in [0.3, 0.4) is 0 Å². The van der Waals surface area contributed by atoms with Crippen molar-refractivity contribution in [1.29, 1.82) is 0 Å². The minimum absolute atomic E-state index is 0.0812. The van der Waals surface area contributed by atoms with Gasteiger partial charge in [-0.15, -0.1) is 0 Å². The van der Waals surface area contributed by atoms with Crippen molar-refractivity contribution >= 4 is 11.9 Å². The van der Waals surface area contributed by atoms with Crippen LogP contribution < -0.4 is 10.5 Å². The third-order valence-electron chi connectivity index (χ3n) is 4.30. The maximum absolute atomic E-state index is 12.4. The minimum atomic E-state index is -0.275. The van der Waals surface area contributed by atoms with Gasteiger partial charge < -0.3 is 14.5 Å². The molecule has 3 heterocycles. The van der Waals surface area contributed by atoms with Gasteiger partial charge in [0.1, 0.15) is 6.10 Å². The lowest BCUT2D eigenvalue weighted by molar-refractivity contribution is -0.139. The molecule has 0 radical (unpaired) electrons. The molecule has 0 aromatic carbocycles. The molecule has 2 fully saturated rings. The van der Waals surface area contributed by atoms with Crippen LogP contribution in [0.2, 0.25) is 0 Å². The first kappa shape index (κ1) is 15.0. The fourth-order valence-corrected chi connectivity index (χ4v) is 3.06. The van der Waals surface area contributed by atoms with Gasteiger partial charge in [-0.05, 0) is 19.3 Å². The molecule has 1 N–H and O–H groups in total. The number of aromatic amines is 1. The van der Waals surface area contributed by atoms with Crippen LogP contribution >= 0.6 is 0 Å². The number of amides is 1. The zero-order valence-electron chi connectivity index (χ0n) is 13.0. The van der Waals surface area contributed by atoms with Crippen LogP contribution in [-0.4, -0.2) is 60.7 Å². The highest BCUT2D eigenvalue weighted by Gasteiger charge is 2.34. The number of rotatable bonds is 3. The van der Waals surface area contributed by atoms with E-state index in [2.05, 4.69) is 9.97 Å². The molecule has 22 heavy (non-hydrogen) atoms. The van der Waals surface area contributed by atoms with Crippen molar-refractivity contribution in [3.63, 3.8) is 0 Å². The van der Waals surface area contributed by atoms with E-state index in [9.17, 15) is 9.59 Å². The highest BCUT2D eigenvalue weighted by atomic mass is 16.5. The Labute approximate surface area is 129 Å². The third kappa shape index (κ3) is 2.99. The van der Waals surface area contributed by atoms with Crippen LogP contribution in [0, 0.1) is 0 Å². The van der Waals surface area contributed by atoms with Crippen LogP contribution in [0.1, 0.15) is 30.9 Å². The van der Waals surface area contributed by atoms with Gasteiger partial charge in [0.2, 0.25) is 5.95 Å². The van der Waals surface area contributed by atoms with Crippen LogP contribution in [0.15, 0.2) is 10.9 Å². The number of aromatic nitrogens is 2. The summed E-state index contributed by atoms with van der Waals surface area (Å²) >= 11 is 0. The van der Waals surface area contributed by atoms with E-state index in [1.807, 2.05) is 19.0 Å². The number of carbonyl (C=O) groups excluding carboxylic acids is 1. The minimum Gasteiger partial charge on any atom is -0.368 e. The molecular formula is C15H22N4O3. The molecule has 0 saturated carbocycles. The first-order valence-corrected chi connectivity index (χ1v) is 7.73. The van der Waals surface area contributed by atoms with Crippen LogP contribution in [0.4, 0.5) is 5.95 Å². The van der Waals surface area contributed by atoms with Gasteiger partial charge in [-0.3, -0.25) is 14.6 Å². The zero-order chi connectivity index (χ0) is 15.7. The lowest BCUT2D eigenvalue weighted by Crippen LogP contribution is -2.37. The van der Waals surface area contributed by atoms with Gasteiger partial charge in [-0.1, -0.05) is 0 Å². The maximum atomic E-state index is 12.4. The van der Waals surface area contributed by atoms with E-state index in [-0.39, 0.29) is 23.5 Å². The number of hydrogen-bond donors (Lipinski definition) is 1. The Morgan fingerprint density at radius 2 is 2.27 bits per heavy atom. The van der Waals surface area contributed by atoms with E-state index in [4.69, 9.17) is 4.74 Å². The number of H-pyrrole nitrogens is 1. The Bertz CT molecular complexity index is 607. The lowest BCUT2D eigenvalue weighted by atomic mass is 10.0.